The van der Waals surface area contributed by atoms with Crippen molar-refractivity contribution in [3.8, 4) is 11.1 Å². The van der Waals surface area contributed by atoms with E-state index < -0.39 is 11.7 Å². The highest BCUT2D eigenvalue weighted by Gasteiger charge is 2.14. The lowest BCUT2D eigenvalue weighted by molar-refractivity contribution is -0.111. The van der Waals surface area contributed by atoms with Crippen molar-refractivity contribution in [2.45, 2.75) is 0 Å². The molecule has 0 radical (unpaired) electrons. The molecule has 0 bridgehead atoms. The van der Waals surface area contributed by atoms with E-state index in [1.165, 1.54) is 18.2 Å². The minimum Gasteiger partial charge on any atom is -0.361 e. The molecule has 0 saturated heterocycles. The van der Waals surface area contributed by atoms with Crippen molar-refractivity contribution in [2.75, 3.05) is 16.0 Å². The Morgan fingerprint density at radius 3 is 2.80 bits per heavy atom. The van der Waals surface area contributed by atoms with Crippen LogP contribution in [0.5, 0.6) is 0 Å². The van der Waals surface area contributed by atoms with Gasteiger partial charge in [0, 0.05) is 42.4 Å². The Hall–Kier alpha value is -4.99. The fourth-order valence-electron chi connectivity index (χ4n) is 3.60. The summed E-state index contributed by atoms with van der Waals surface area (Å²) in [5.74, 6) is -0.210. The van der Waals surface area contributed by atoms with E-state index >= 15 is 0 Å². The van der Waals surface area contributed by atoms with Gasteiger partial charge in [-0.05, 0) is 53.4 Å². The van der Waals surface area contributed by atoms with Gasteiger partial charge in [-0.25, -0.2) is 9.37 Å². The number of fused-ring (bicyclic) bond motifs is 1. The maximum absolute atomic E-state index is 14.8. The molecule has 174 valence electrons. The Morgan fingerprint density at radius 1 is 1.11 bits per heavy atom. The summed E-state index contributed by atoms with van der Waals surface area (Å²) in [5.41, 5.74) is 3.78. The molecule has 0 unspecified atom stereocenters. The summed E-state index contributed by atoms with van der Waals surface area (Å²) in [6.07, 6.45) is 8.12. The van der Waals surface area contributed by atoms with Crippen LogP contribution in [0.1, 0.15) is 0 Å². The first-order valence-electron chi connectivity index (χ1n) is 10.7. The second-order valence-corrected chi connectivity index (χ2v) is 7.78. The highest BCUT2D eigenvalue weighted by Crippen LogP contribution is 2.33. The number of aromatic nitrogens is 5. The second-order valence-electron chi connectivity index (χ2n) is 7.78. The van der Waals surface area contributed by atoms with Gasteiger partial charge in [0.1, 0.15) is 11.6 Å². The minimum absolute atomic E-state index is 0.141. The molecule has 2 aromatic carbocycles. The third-order valence-corrected chi connectivity index (χ3v) is 5.29. The van der Waals surface area contributed by atoms with Gasteiger partial charge in [-0.2, -0.15) is 10.1 Å². The van der Waals surface area contributed by atoms with Crippen molar-refractivity contribution in [1.82, 2.24) is 24.7 Å². The molecule has 35 heavy (non-hydrogen) atoms. The number of nitrogens with zero attached hydrogens (tertiary/aromatic N) is 4. The number of carbonyl (C=O) groups is 1. The van der Waals surface area contributed by atoms with Crippen LogP contribution in [0.25, 0.3) is 22.0 Å². The topological polar surface area (TPSA) is 113 Å². The van der Waals surface area contributed by atoms with E-state index in [1.54, 1.807) is 30.3 Å². The Morgan fingerprint density at radius 2 is 2.00 bits per heavy atom. The molecule has 0 aliphatic carbocycles. The molecule has 0 saturated carbocycles. The number of hydrogen-bond acceptors (Lipinski definition) is 6. The molecule has 1 amide bonds. The summed E-state index contributed by atoms with van der Waals surface area (Å²) in [7, 11) is 1.81. The van der Waals surface area contributed by atoms with Crippen molar-refractivity contribution in [1.29, 1.82) is 0 Å². The van der Waals surface area contributed by atoms with Gasteiger partial charge in [0.25, 0.3) is 0 Å². The second kappa shape index (κ2) is 9.10. The van der Waals surface area contributed by atoms with E-state index in [-0.39, 0.29) is 5.69 Å². The normalized spacial score (nSPS) is 10.8. The highest BCUT2D eigenvalue weighted by atomic mass is 19.1. The molecule has 4 N–H and O–H groups in total. The molecule has 9 nitrogen and oxygen atoms in total. The number of halogens is 1. The third-order valence-electron chi connectivity index (χ3n) is 5.29. The lowest BCUT2D eigenvalue weighted by Gasteiger charge is -2.14. The van der Waals surface area contributed by atoms with Crippen LogP contribution in [-0.4, -0.2) is 30.6 Å². The average molecular weight is 468 g/mol. The summed E-state index contributed by atoms with van der Waals surface area (Å²) in [6, 6.07) is 12.1. The molecular weight excluding hydrogens is 447 g/mol. The zero-order valence-corrected chi connectivity index (χ0v) is 18.7. The molecule has 5 rings (SSSR count). The maximum Gasteiger partial charge on any atom is 0.247 e. The Balaban J connectivity index is 1.56. The number of anilines is 5. The summed E-state index contributed by atoms with van der Waals surface area (Å²) >= 11 is 0. The lowest BCUT2D eigenvalue weighted by atomic mass is 10.1. The van der Waals surface area contributed by atoms with Crippen LogP contribution in [0.3, 0.4) is 0 Å². The quantitative estimate of drug-likeness (QED) is 0.247. The van der Waals surface area contributed by atoms with Crippen LogP contribution < -0.4 is 16.0 Å². The molecule has 3 heterocycles. The van der Waals surface area contributed by atoms with Crippen LogP contribution in [0.2, 0.25) is 0 Å². The van der Waals surface area contributed by atoms with E-state index in [4.69, 9.17) is 0 Å². The van der Waals surface area contributed by atoms with Crippen molar-refractivity contribution in [2.24, 2.45) is 7.05 Å². The molecule has 5 aromatic rings. The summed E-state index contributed by atoms with van der Waals surface area (Å²) < 4.78 is 16.4. The number of aromatic amines is 1. The van der Waals surface area contributed by atoms with Gasteiger partial charge in [0.05, 0.1) is 17.6 Å². The van der Waals surface area contributed by atoms with Crippen molar-refractivity contribution in [3.63, 3.8) is 0 Å². The van der Waals surface area contributed by atoms with E-state index in [0.717, 1.165) is 22.5 Å². The van der Waals surface area contributed by atoms with Gasteiger partial charge in [0.2, 0.25) is 11.9 Å². The van der Waals surface area contributed by atoms with Crippen molar-refractivity contribution in [3.05, 3.63) is 85.7 Å². The number of H-pyrrole nitrogens is 1. The Kier molecular flexibility index (Phi) is 5.68. The first-order valence-corrected chi connectivity index (χ1v) is 10.7. The third kappa shape index (κ3) is 4.71. The average Bonchev–Trinajstić information content (AvgIpc) is 3.49. The molecule has 10 heteroatoms. The predicted molar refractivity (Wildman–Crippen MR) is 134 cm³/mol. The van der Waals surface area contributed by atoms with Gasteiger partial charge in [-0.1, -0.05) is 12.6 Å². The number of benzene rings is 2. The van der Waals surface area contributed by atoms with Gasteiger partial charge >= 0.3 is 0 Å². The number of carbonyl (C=O) groups excluding carboxylic acids is 1. The zero-order valence-electron chi connectivity index (χ0n) is 18.7. The molecule has 0 fully saturated rings. The highest BCUT2D eigenvalue weighted by molar-refractivity contribution is 5.99. The van der Waals surface area contributed by atoms with E-state index in [0.29, 0.717) is 28.7 Å². The molecule has 0 aliphatic heterocycles. The summed E-state index contributed by atoms with van der Waals surface area (Å²) in [6.45, 7) is 3.44. The number of rotatable bonds is 7. The van der Waals surface area contributed by atoms with E-state index in [2.05, 4.69) is 42.6 Å². The van der Waals surface area contributed by atoms with Crippen molar-refractivity contribution >= 4 is 45.6 Å². The van der Waals surface area contributed by atoms with E-state index in [1.807, 2.05) is 30.5 Å². The predicted octanol–water partition coefficient (Wildman–Crippen LogP) is 5.11. The summed E-state index contributed by atoms with van der Waals surface area (Å²) in [4.78, 5) is 23.9. The first kappa shape index (κ1) is 21.8. The standard InChI is InChI=1S/C25H21FN8O/c1-3-23(35)30-17-5-6-20(26)22(11-17)32-24-19(15-4-7-21-16(10-15)8-9-27-21)13-28-25(33-24)31-18-12-29-34(2)14-18/h3-14,27H,1H2,2H3,(H,30,35)(H2,28,31,32,33). The zero-order chi connectivity index (χ0) is 24.4. The summed E-state index contributed by atoms with van der Waals surface area (Å²) in [5, 5.41) is 14.0. The molecule has 0 aliphatic rings. The van der Waals surface area contributed by atoms with Gasteiger partial charge < -0.3 is 20.9 Å². The maximum atomic E-state index is 14.8. The van der Waals surface area contributed by atoms with Crippen LogP contribution in [0.4, 0.5) is 33.2 Å². The van der Waals surface area contributed by atoms with Gasteiger partial charge in [-0.3, -0.25) is 9.48 Å². The number of hydrogen-bond donors (Lipinski definition) is 4. The Labute approximate surface area is 199 Å². The van der Waals surface area contributed by atoms with E-state index in [9.17, 15) is 9.18 Å². The molecule has 0 atom stereocenters. The minimum atomic E-state index is -0.506. The fourth-order valence-corrected chi connectivity index (χ4v) is 3.60. The van der Waals surface area contributed by atoms with Crippen LogP contribution in [0.15, 0.2) is 79.9 Å². The largest absolute Gasteiger partial charge is 0.361 e. The van der Waals surface area contributed by atoms with Gasteiger partial charge in [0.15, 0.2) is 0 Å². The first-order chi connectivity index (χ1) is 17.0. The van der Waals surface area contributed by atoms with Gasteiger partial charge in [-0.15, -0.1) is 0 Å². The molecule has 3 aromatic heterocycles. The number of amides is 1. The fraction of sp³-hybridized carbons (Fsp3) is 0.0400. The lowest BCUT2D eigenvalue weighted by Crippen LogP contribution is -2.08. The number of nitrogens with one attached hydrogen (secondary N) is 4. The van der Waals surface area contributed by atoms with Crippen molar-refractivity contribution < 1.29 is 9.18 Å². The van der Waals surface area contributed by atoms with Crippen LogP contribution in [0, 0.1) is 5.82 Å². The smallest absolute Gasteiger partial charge is 0.247 e. The Bertz CT molecular complexity index is 1550. The molecular formula is C25H21FN8O. The SMILES string of the molecule is C=CC(=O)Nc1ccc(F)c(Nc2nc(Nc3cnn(C)c3)ncc2-c2ccc3[nH]ccc3c2)c1. The van der Waals surface area contributed by atoms with Crippen LogP contribution >= 0.6 is 0 Å². The van der Waals surface area contributed by atoms with Crippen LogP contribution in [-0.2, 0) is 11.8 Å². The number of aryl methyl sites for hydroxylation is 1. The molecule has 0 spiro atoms. The monoisotopic (exact) mass is 468 g/mol.